The molecule has 36 heavy (non-hydrogen) atoms. The van der Waals surface area contributed by atoms with Crippen LogP contribution in [-0.2, 0) is 11.3 Å². The number of quaternary nitrogens is 1. The number of pyridine rings is 1. The molecular weight excluding hydrogens is 440 g/mol. The Hall–Kier alpha value is -3.27. The van der Waals surface area contributed by atoms with Crippen molar-refractivity contribution in [3.63, 3.8) is 0 Å². The van der Waals surface area contributed by atoms with Gasteiger partial charge in [0.2, 0.25) is 0 Å². The van der Waals surface area contributed by atoms with E-state index in [0.29, 0.717) is 24.5 Å². The monoisotopic (exact) mass is 475 g/mol. The van der Waals surface area contributed by atoms with Gasteiger partial charge in [0, 0.05) is 35.9 Å². The fourth-order valence-corrected chi connectivity index (χ4v) is 7.01. The molecule has 0 saturated carbocycles. The summed E-state index contributed by atoms with van der Waals surface area (Å²) in [4.78, 5) is 4.64. The van der Waals surface area contributed by atoms with Gasteiger partial charge in [-0.05, 0) is 40.5 Å². The van der Waals surface area contributed by atoms with Crippen molar-refractivity contribution >= 4 is 21.7 Å². The van der Waals surface area contributed by atoms with E-state index in [0.717, 1.165) is 29.5 Å². The zero-order chi connectivity index (χ0) is 24.5. The summed E-state index contributed by atoms with van der Waals surface area (Å²) in [6, 6.07) is 26.7. The number of rotatable bonds is 8. The van der Waals surface area contributed by atoms with Crippen molar-refractivity contribution < 1.29 is 9.22 Å². The number of hydrogen-bond donors (Lipinski definition) is 0. The van der Waals surface area contributed by atoms with Gasteiger partial charge in [-0.1, -0.05) is 66.7 Å². The van der Waals surface area contributed by atoms with E-state index in [4.69, 9.17) is 4.74 Å². The molecule has 3 aliphatic heterocycles. The first-order chi connectivity index (χ1) is 17.7. The van der Waals surface area contributed by atoms with Crippen molar-refractivity contribution in [2.45, 2.75) is 31.5 Å². The molecule has 1 aromatic heterocycles. The fourth-order valence-electron chi connectivity index (χ4n) is 7.01. The lowest BCUT2D eigenvalue weighted by atomic mass is 9.71. The Morgan fingerprint density at radius 3 is 2.69 bits per heavy atom. The van der Waals surface area contributed by atoms with E-state index in [-0.39, 0.29) is 6.10 Å². The third-order valence-electron chi connectivity index (χ3n) is 8.72. The maximum atomic E-state index is 6.69. The van der Waals surface area contributed by atoms with Gasteiger partial charge in [-0.15, -0.1) is 13.2 Å². The van der Waals surface area contributed by atoms with E-state index in [2.05, 4.69) is 97.0 Å². The normalized spacial score (nSPS) is 26.2. The number of fused-ring (bicyclic) bond motifs is 5. The molecule has 0 radical (unpaired) electrons. The number of piperidine rings is 3. The van der Waals surface area contributed by atoms with Crippen molar-refractivity contribution in [2.24, 2.45) is 11.8 Å². The first-order valence-corrected chi connectivity index (χ1v) is 13.2. The Morgan fingerprint density at radius 1 is 1.00 bits per heavy atom. The topological polar surface area (TPSA) is 22.1 Å². The van der Waals surface area contributed by atoms with Gasteiger partial charge in [-0.25, -0.2) is 0 Å². The van der Waals surface area contributed by atoms with Gasteiger partial charge in [0.15, 0.2) is 0 Å². The number of para-hydroxylation sites is 1. The molecule has 4 heterocycles. The van der Waals surface area contributed by atoms with Crippen LogP contribution in [0, 0.1) is 11.8 Å². The summed E-state index contributed by atoms with van der Waals surface area (Å²) < 4.78 is 7.74. The highest BCUT2D eigenvalue weighted by atomic mass is 16.5. The van der Waals surface area contributed by atoms with Crippen LogP contribution in [0.3, 0.4) is 0 Å². The second-order valence-electron chi connectivity index (χ2n) is 10.7. The average molecular weight is 476 g/mol. The summed E-state index contributed by atoms with van der Waals surface area (Å²) in [5.74, 6) is 1.23. The van der Waals surface area contributed by atoms with Gasteiger partial charge < -0.3 is 9.22 Å². The maximum Gasteiger partial charge on any atom is 0.135 e. The van der Waals surface area contributed by atoms with Crippen LogP contribution in [0.4, 0.5) is 0 Å². The largest absolute Gasteiger partial charge is 0.363 e. The maximum absolute atomic E-state index is 6.69. The summed E-state index contributed by atoms with van der Waals surface area (Å²) >= 11 is 0. The van der Waals surface area contributed by atoms with E-state index < -0.39 is 0 Å². The molecule has 2 bridgehead atoms. The van der Waals surface area contributed by atoms with Gasteiger partial charge in [-0.2, -0.15) is 0 Å². The minimum Gasteiger partial charge on any atom is -0.363 e. The molecule has 0 unspecified atom stereocenters. The molecule has 0 spiro atoms. The number of hydrogen-bond acceptors (Lipinski definition) is 2. The Bertz CT molecular complexity index is 1410. The van der Waals surface area contributed by atoms with Crippen LogP contribution >= 0.6 is 0 Å². The zero-order valence-electron chi connectivity index (χ0n) is 20.9. The summed E-state index contributed by atoms with van der Waals surface area (Å²) in [6.45, 7) is 12.1. The Kier molecular flexibility index (Phi) is 6.20. The van der Waals surface area contributed by atoms with Crippen LogP contribution in [0.2, 0.25) is 0 Å². The highest BCUT2D eigenvalue weighted by Crippen LogP contribution is 2.49. The van der Waals surface area contributed by atoms with Crippen LogP contribution in [0.15, 0.2) is 104 Å². The zero-order valence-corrected chi connectivity index (χ0v) is 20.9. The van der Waals surface area contributed by atoms with Gasteiger partial charge in [0.05, 0.1) is 25.2 Å². The highest BCUT2D eigenvalue weighted by molar-refractivity contribution is 5.83. The molecule has 5 atom stereocenters. The van der Waals surface area contributed by atoms with Gasteiger partial charge in [0.1, 0.15) is 18.7 Å². The summed E-state index contributed by atoms with van der Waals surface area (Å²) in [5, 5.41) is 3.81. The number of nitrogens with zero attached hydrogens (tertiary/aromatic N) is 2. The molecule has 182 valence electrons. The van der Waals surface area contributed by atoms with Crippen molar-refractivity contribution in [3.8, 4) is 0 Å². The molecule has 3 nitrogen and oxygen atoms in total. The molecule has 0 amide bonds. The van der Waals surface area contributed by atoms with Gasteiger partial charge >= 0.3 is 0 Å². The second-order valence-corrected chi connectivity index (χ2v) is 10.7. The predicted octanol–water partition coefficient (Wildman–Crippen LogP) is 7.24. The minimum absolute atomic E-state index is 0.00933. The van der Waals surface area contributed by atoms with E-state index >= 15 is 0 Å². The molecule has 3 fully saturated rings. The third-order valence-corrected chi connectivity index (χ3v) is 8.72. The number of aromatic nitrogens is 1. The van der Waals surface area contributed by atoms with E-state index in [9.17, 15) is 0 Å². The Labute approximate surface area is 214 Å². The minimum atomic E-state index is -0.00933. The van der Waals surface area contributed by atoms with Crippen LogP contribution in [0.1, 0.15) is 30.1 Å². The average Bonchev–Trinajstić information content (AvgIpc) is 2.93. The first kappa shape index (κ1) is 23.1. The van der Waals surface area contributed by atoms with Crippen LogP contribution in [0.5, 0.6) is 0 Å². The lowest BCUT2D eigenvalue weighted by Crippen LogP contribution is -2.67. The third kappa shape index (κ3) is 4.07. The molecule has 4 aromatic rings. The number of ether oxygens (including phenoxy) is 1. The molecule has 0 N–H and O–H groups in total. The van der Waals surface area contributed by atoms with Crippen LogP contribution in [-0.4, -0.2) is 35.2 Å². The first-order valence-electron chi connectivity index (χ1n) is 13.2. The van der Waals surface area contributed by atoms with E-state index in [1.54, 1.807) is 0 Å². The summed E-state index contributed by atoms with van der Waals surface area (Å²) in [6.07, 6.45) is 8.44. The van der Waals surface area contributed by atoms with Crippen LogP contribution in [0.25, 0.3) is 21.7 Å². The highest BCUT2D eigenvalue weighted by Gasteiger charge is 2.54. The molecule has 3 aliphatic rings. The van der Waals surface area contributed by atoms with Gasteiger partial charge in [0.25, 0.3) is 0 Å². The van der Waals surface area contributed by atoms with Crippen molar-refractivity contribution in [2.75, 3.05) is 19.7 Å². The lowest BCUT2D eigenvalue weighted by Gasteiger charge is -2.58. The summed E-state index contributed by atoms with van der Waals surface area (Å²) in [7, 11) is 0. The standard InChI is InChI=1S/C33H35N2O/c1-3-19-36-33(30-15-17-34-31-12-8-7-11-29(30)31)32-21-28-16-18-35(32,23-25(28)4-2)22-24-13-14-26-9-5-6-10-27(26)20-24/h3-15,17,20,25,28,32-33H,1-2,16,18-19,21-23H2/q+1/t25-,28-,32-,33+,35+/m0/s1. The SMILES string of the molecule is C=CCO[C@H](c1ccnc2ccccc12)[C@@H]1C[C@@H]2CC[N@@+]1(Cc1ccc3ccccc3c1)C[C@@H]2C=C. The molecule has 3 aromatic carbocycles. The van der Waals surface area contributed by atoms with Crippen molar-refractivity contribution in [1.29, 1.82) is 0 Å². The molecular formula is C33H35N2O+. The van der Waals surface area contributed by atoms with Crippen LogP contribution < -0.4 is 0 Å². The second kappa shape index (κ2) is 9.65. The van der Waals surface area contributed by atoms with Crippen molar-refractivity contribution in [1.82, 2.24) is 4.98 Å². The van der Waals surface area contributed by atoms with Crippen molar-refractivity contribution in [3.05, 3.63) is 115 Å². The Balaban J connectivity index is 1.45. The van der Waals surface area contributed by atoms with Gasteiger partial charge in [-0.3, -0.25) is 4.98 Å². The van der Waals surface area contributed by atoms with E-state index in [1.807, 2.05) is 12.3 Å². The number of benzene rings is 3. The molecule has 0 aliphatic carbocycles. The Morgan fingerprint density at radius 2 is 1.83 bits per heavy atom. The summed E-state index contributed by atoms with van der Waals surface area (Å²) in [5.41, 5.74) is 3.69. The lowest BCUT2D eigenvalue weighted by molar-refractivity contribution is -0.985. The predicted molar refractivity (Wildman–Crippen MR) is 148 cm³/mol. The smallest absolute Gasteiger partial charge is 0.135 e. The fraction of sp³-hybridized carbons (Fsp3) is 0.303. The quantitative estimate of drug-likeness (QED) is 0.198. The molecule has 7 rings (SSSR count). The molecule has 3 heteroatoms. The van der Waals surface area contributed by atoms with E-state index in [1.165, 1.54) is 40.3 Å². The molecule has 3 saturated heterocycles.